The second-order valence-corrected chi connectivity index (χ2v) is 5.67. The van der Waals surface area contributed by atoms with Crippen molar-refractivity contribution in [2.45, 2.75) is 45.1 Å². The first-order valence-corrected chi connectivity index (χ1v) is 7.35. The maximum atomic E-state index is 12.0. The van der Waals surface area contributed by atoms with Gasteiger partial charge >= 0.3 is 0 Å². The maximum Gasteiger partial charge on any atom is 0.225 e. The monoisotopic (exact) mass is 268 g/mol. The van der Waals surface area contributed by atoms with Gasteiger partial charge in [0.15, 0.2) is 0 Å². The van der Waals surface area contributed by atoms with E-state index in [1.807, 2.05) is 11.8 Å². The molecule has 0 bridgehead atoms. The van der Waals surface area contributed by atoms with E-state index in [4.69, 9.17) is 5.11 Å². The lowest BCUT2D eigenvalue weighted by Gasteiger charge is -2.32. The molecule has 1 atom stereocenters. The van der Waals surface area contributed by atoms with E-state index in [1.165, 1.54) is 0 Å². The molecule has 0 aromatic rings. The zero-order valence-electron chi connectivity index (χ0n) is 11.6. The first-order valence-electron chi connectivity index (χ1n) is 7.35. The Bertz CT molecular complexity index is 330. The average molecular weight is 268 g/mol. The molecule has 1 saturated carbocycles. The number of nitrogens with zero attached hydrogens (tertiary/aromatic N) is 1. The minimum Gasteiger partial charge on any atom is -0.394 e. The zero-order valence-corrected chi connectivity index (χ0v) is 11.6. The van der Waals surface area contributed by atoms with Crippen LogP contribution in [-0.2, 0) is 9.59 Å². The van der Waals surface area contributed by atoms with Crippen molar-refractivity contribution in [2.24, 2.45) is 11.8 Å². The van der Waals surface area contributed by atoms with Crippen LogP contribution < -0.4 is 5.32 Å². The van der Waals surface area contributed by atoms with Crippen LogP contribution in [0.15, 0.2) is 0 Å². The number of hydrogen-bond donors (Lipinski definition) is 2. The number of amides is 2. The molecule has 1 heterocycles. The lowest BCUT2D eigenvalue weighted by Crippen LogP contribution is -2.46. The number of aliphatic hydroxyl groups is 1. The third kappa shape index (κ3) is 3.69. The Morgan fingerprint density at radius 1 is 1.21 bits per heavy atom. The summed E-state index contributed by atoms with van der Waals surface area (Å²) < 4.78 is 0. The molecule has 0 aromatic carbocycles. The summed E-state index contributed by atoms with van der Waals surface area (Å²) in [6.07, 6.45) is 4.29. The highest BCUT2D eigenvalue weighted by Gasteiger charge is 2.36. The molecule has 5 nitrogen and oxygen atoms in total. The van der Waals surface area contributed by atoms with Gasteiger partial charge in [-0.2, -0.15) is 0 Å². The van der Waals surface area contributed by atoms with Crippen LogP contribution in [-0.4, -0.2) is 47.6 Å². The molecule has 0 unspecified atom stereocenters. The van der Waals surface area contributed by atoms with Crippen LogP contribution in [0.3, 0.4) is 0 Å². The number of piperidine rings is 1. The van der Waals surface area contributed by atoms with Crippen LogP contribution in [0.2, 0.25) is 0 Å². The quantitative estimate of drug-likeness (QED) is 0.764. The third-order valence-corrected chi connectivity index (χ3v) is 4.16. The van der Waals surface area contributed by atoms with Gasteiger partial charge in [-0.3, -0.25) is 9.59 Å². The molecular weight excluding hydrogens is 244 g/mol. The van der Waals surface area contributed by atoms with E-state index in [-0.39, 0.29) is 36.3 Å². The van der Waals surface area contributed by atoms with Gasteiger partial charge in [0.2, 0.25) is 11.8 Å². The van der Waals surface area contributed by atoms with E-state index >= 15 is 0 Å². The standard InChI is InChI=1S/C14H24N2O3/c1-2-12(9-17)15-13(18)10-5-7-16(8-6-10)14(19)11-3-4-11/h10-12,17H,2-9H2,1H3,(H,15,18)/t12-/m1/s1. The first kappa shape index (κ1) is 14.3. The zero-order chi connectivity index (χ0) is 13.8. The summed E-state index contributed by atoms with van der Waals surface area (Å²) in [5, 5.41) is 12.0. The molecule has 19 heavy (non-hydrogen) atoms. The molecule has 1 aliphatic carbocycles. The highest BCUT2D eigenvalue weighted by molar-refractivity contribution is 5.82. The number of likely N-dealkylation sites (tertiary alicyclic amines) is 1. The Morgan fingerprint density at radius 3 is 2.32 bits per heavy atom. The number of carbonyl (C=O) groups excluding carboxylic acids is 2. The average Bonchev–Trinajstić information content (AvgIpc) is 3.28. The molecule has 0 radical (unpaired) electrons. The summed E-state index contributed by atoms with van der Waals surface area (Å²) in [5.41, 5.74) is 0. The Labute approximate surface area is 114 Å². The summed E-state index contributed by atoms with van der Waals surface area (Å²) in [5.74, 6) is 0.563. The van der Waals surface area contributed by atoms with Crippen molar-refractivity contribution in [1.29, 1.82) is 0 Å². The molecule has 108 valence electrons. The third-order valence-electron chi connectivity index (χ3n) is 4.16. The molecule has 2 N–H and O–H groups in total. The fourth-order valence-corrected chi connectivity index (χ4v) is 2.55. The molecule has 2 amide bonds. The number of carbonyl (C=O) groups is 2. The second kappa shape index (κ2) is 6.37. The van der Waals surface area contributed by atoms with Crippen LogP contribution in [0.25, 0.3) is 0 Å². The fourth-order valence-electron chi connectivity index (χ4n) is 2.55. The Balaban J connectivity index is 1.75. The van der Waals surface area contributed by atoms with Crippen LogP contribution in [0.1, 0.15) is 39.0 Å². The largest absolute Gasteiger partial charge is 0.394 e. The Morgan fingerprint density at radius 2 is 1.84 bits per heavy atom. The van der Waals surface area contributed by atoms with Crippen molar-refractivity contribution in [1.82, 2.24) is 10.2 Å². The molecule has 1 saturated heterocycles. The summed E-state index contributed by atoms with van der Waals surface area (Å²) in [6, 6.07) is -0.140. The summed E-state index contributed by atoms with van der Waals surface area (Å²) >= 11 is 0. The minimum absolute atomic E-state index is 0.0103. The van der Waals surface area contributed by atoms with Gasteiger partial charge in [0.05, 0.1) is 12.6 Å². The Hall–Kier alpha value is -1.10. The molecule has 5 heteroatoms. The summed E-state index contributed by atoms with van der Waals surface area (Å²) in [4.78, 5) is 25.8. The van der Waals surface area contributed by atoms with Gasteiger partial charge < -0.3 is 15.3 Å². The van der Waals surface area contributed by atoms with Crippen molar-refractivity contribution in [2.75, 3.05) is 19.7 Å². The van der Waals surface area contributed by atoms with E-state index in [9.17, 15) is 9.59 Å². The summed E-state index contributed by atoms with van der Waals surface area (Å²) in [7, 11) is 0. The van der Waals surface area contributed by atoms with Gasteiger partial charge in [0.1, 0.15) is 0 Å². The van der Waals surface area contributed by atoms with Crippen molar-refractivity contribution >= 4 is 11.8 Å². The van der Waals surface area contributed by atoms with Crippen molar-refractivity contribution in [3.8, 4) is 0 Å². The topological polar surface area (TPSA) is 69.6 Å². The number of hydrogen-bond acceptors (Lipinski definition) is 3. The second-order valence-electron chi connectivity index (χ2n) is 5.67. The molecule has 0 spiro atoms. The number of nitrogens with one attached hydrogen (secondary N) is 1. The van der Waals surface area contributed by atoms with E-state index < -0.39 is 0 Å². The van der Waals surface area contributed by atoms with Crippen LogP contribution in [0.4, 0.5) is 0 Å². The van der Waals surface area contributed by atoms with E-state index in [0.717, 1.165) is 32.1 Å². The number of rotatable bonds is 5. The predicted molar refractivity (Wildman–Crippen MR) is 71.3 cm³/mol. The normalized spacial score (nSPS) is 22.1. The van der Waals surface area contributed by atoms with Gasteiger partial charge in [0.25, 0.3) is 0 Å². The lowest BCUT2D eigenvalue weighted by molar-refractivity contribution is -0.136. The van der Waals surface area contributed by atoms with Crippen molar-refractivity contribution in [3.63, 3.8) is 0 Å². The minimum atomic E-state index is -0.140. The van der Waals surface area contributed by atoms with Gasteiger partial charge in [-0.1, -0.05) is 6.92 Å². The van der Waals surface area contributed by atoms with Crippen molar-refractivity contribution in [3.05, 3.63) is 0 Å². The molecule has 2 fully saturated rings. The van der Waals surface area contributed by atoms with E-state index in [2.05, 4.69) is 5.32 Å². The number of aliphatic hydroxyl groups excluding tert-OH is 1. The molecule has 1 aliphatic heterocycles. The van der Waals surface area contributed by atoms with Crippen LogP contribution in [0.5, 0.6) is 0 Å². The fraction of sp³-hybridized carbons (Fsp3) is 0.857. The molecule has 2 rings (SSSR count). The van der Waals surface area contributed by atoms with Gasteiger partial charge in [-0.15, -0.1) is 0 Å². The molecule has 2 aliphatic rings. The first-order chi connectivity index (χ1) is 9.15. The Kier molecular flexibility index (Phi) is 4.80. The smallest absolute Gasteiger partial charge is 0.225 e. The predicted octanol–water partition coefficient (Wildman–Crippen LogP) is 0.522. The van der Waals surface area contributed by atoms with Gasteiger partial charge in [0, 0.05) is 24.9 Å². The van der Waals surface area contributed by atoms with Gasteiger partial charge in [-0.05, 0) is 32.1 Å². The van der Waals surface area contributed by atoms with E-state index in [0.29, 0.717) is 13.1 Å². The highest BCUT2D eigenvalue weighted by Crippen LogP contribution is 2.32. The van der Waals surface area contributed by atoms with Crippen molar-refractivity contribution < 1.29 is 14.7 Å². The molecular formula is C14H24N2O3. The van der Waals surface area contributed by atoms with Crippen LogP contribution in [0, 0.1) is 11.8 Å². The van der Waals surface area contributed by atoms with Crippen LogP contribution >= 0.6 is 0 Å². The maximum absolute atomic E-state index is 12.0. The SMILES string of the molecule is CC[C@H](CO)NC(=O)C1CCN(C(=O)C2CC2)CC1. The summed E-state index contributed by atoms with van der Waals surface area (Å²) in [6.45, 7) is 3.33. The van der Waals surface area contributed by atoms with E-state index in [1.54, 1.807) is 0 Å². The van der Waals surface area contributed by atoms with Gasteiger partial charge in [-0.25, -0.2) is 0 Å². The molecule has 0 aromatic heterocycles. The highest BCUT2D eigenvalue weighted by atomic mass is 16.3. The lowest BCUT2D eigenvalue weighted by atomic mass is 9.95.